The molecule has 4 aromatic rings. The molecule has 3 nitrogen and oxygen atoms in total. The lowest BCUT2D eigenvalue weighted by atomic mass is 9.89. The van der Waals surface area contributed by atoms with Crippen LogP contribution in [0.3, 0.4) is 0 Å². The van der Waals surface area contributed by atoms with Gasteiger partial charge in [-0.2, -0.15) is 0 Å². The van der Waals surface area contributed by atoms with Crippen molar-refractivity contribution in [2.45, 2.75) is 61.1 Å². The molecule has 0 aliphatic carbocycles. The molecule has 0 radical (unpaired) electrons. The molecule has 0 N–H and O–H groups in total. The minimum absolute atomic E-state index is 0.632. The number of para-hydroxylation sites is 2. The fourth-order valence-corrected chi connectivity index (χ4v) is 5.33. The van der Waals surface area contributed by atoms with Crippen LogP contribution in [0.5, 0.6) is 5.75 Å². The van der Waals surface area contributed by atoms with Crippen molar-refractivity contribution in [1.29, 1.82) is 0 Å². The van der Waals surface area contributed by atoms with Crippen LogP contribution in [0.25, 0.3) is 16.6 Å². The highest BCUT2D eigenvalue weighted by atomic mass is 16.5. The molecular weight excluding hydrogens is 416 g/mol. The minimum Gasteiger partial charge on any atom is -0.489 e. The fraction of sp³-hybridized carbons (Fsp3) is 0.323. The van der Waals surface area contributed by atoms with Gasteiger partial charge >= 0.3 is 0 Å². The van der Waals surface area contributed by atoms with Crippen LogP contribution in [-0.4, -0.2) is 11.2 Å². The van der Waals surface area contributed by atoms with Gasteiger partial charge in [0, 0.05) is 11.1 Å². The quantitative estimate of drug-likeness (QED) is 0.314. The van der Waals surface area contributed by atoms with E-state index in [9.17, 15) is 0 Å². The molecule has 3 heteroatoms. The van der Waals surface area contributed by atoms with E-state index in [0.717, 1.165) is 25.3 Å². The first-order valence-corrected chi connectivity index (χ1v) is 12.4. The highest BCUT2D eigenvalue weighted by molar-refractivity contribution is 5.74. The maximum absolute atomic E-state index is 5.93. The number of aryl methyl sites for hydroxylation is 1. The molecule has 0 bridgehead atoms. The molecule has 1 aliphatic rings. The van der Waals surface area contributed by atoms with Crippen molar-refractivity contribution in [2.24, 2.45) is 0 Å². The summed E-state index contributed by atoms with van der Waals surface area (Å²) in [5, 5.41) is 0. The zero-order valence-corrected chi connectivity index (χ0v) is 21.3. The molecule has 2 heterocycles. The van der Waals surface area contributed by atoms with Crippen LogP contribution in [0.1, 0.15) is 51.4 Å². The summed E-state index contributed by atoms with van der Waals surface area (Å²) in [5.74, 6) is 0.996. The van der Waals surface area contributed by atoms with Crippen LogP contribution < -0.4 is 9.30 Å². The molecule has 174 valence electrons. The lowest BCUT2D eigenvalue weighted by Crippen LogP contribution is -2.33. The van der Waals surface area contributed by atoms with Crippen molar-refractivity contribution in [3.63, 3.8) is 0 Å². The first kappa shape index (κ1) is 22.5. The summed E-state index contributed by atoms with van der Waals surface area (Å²) in [6, 6.07) is 15.4. The monoisotopic (exact) mass is 451 g/mol. The van der Waals surface area contributed by atoms with Gasteiger partial charge in [0.25, 0.3) is 0 Å². The van der Waals surface area contributed by atoms with Gasteiger partial charge in [-0.25, -0.2) is 9.13 Å². The van der Waals surface area contributed by atoms with E-state index < -0.39 is 0 Å². The van der Waals surface area contributed by atoms with Gasteiger partial charge in [-0.1, -0.05) is 25.1 Å². The van der Waals surface area contributed by atoms with Gasteiger partial charge in [-0.05, 0) is 110 Å². The lowest BCUT2D eigenvalue weighted by Gasteiger charge is -2.18. The number of fused-ring (bicyclic) bond motifs is 2. The number of hydrogen-bond acceptors (Lipinski definition) is 1. The molecule has 3 aromatic carbocycles. The third kappa shape index (κ3) is 3.73. The Labute approximate surface area is 203 Å². The van der Waals surface area contributed by atoms with E-state index in [-0.39, 0.29) is 0 Å². The average Bonchev–Trinajstić information content (AvgIpc) is 3.21. The van der Waals surface area contributed by atoms with E-state index in [0.29, 0.717) is 6.61 Å². The van der Waals surface area contributed by atoms with Crippen molar-refractivity contribution in [2.75, 3.05) is 6.61 Å². The molecule has 0 spiro atoms. The number of allylic oxidation sites excluding steroid dienone is 1. The van der Waals surface area contributed by atoms with Crippen molar-refractivity contribution in [1.82, 2.24) is 4.57 Å². The molecule has 1 aliphatic heterocycles. The molecule has 0 amide bonds. The maximum atomic E-state index is 5.93. The molecule has 1 aromatic heterocycles. The Morgan fingerprint density at radius 2 is 1.59 bits per heavy atom. The van der Waals surface area contributed by atoms with Crippen LogP contribution >= 0.6 is 0 Å². The van der Waals surface area contributed by atoms with Crippen LogP contribution in [-0.2, 0) is 19.5 Å². The van der Waals surface area contributed by atoms with Crippen molar-refractivity contribution < 1.29 is 9.30 Å². The predicted octanol–water partition coefficient (Wildman–Crippen LogP) is 6.56. The van der Waals surface area contributed by atoms with Crippen molar-refractivity contribution in [3.05, 3.63) is 99.4 Å². The van der Waals surface area contributed by atoms with Crippen LogP contribution in [0.15, 0.2) is 54.9 Å². The van der Waals surface area contributed by atoms with Gasteiger partial charge in [0.1, 0.15) is 25.4 Å². The highest BCUT2D eigenvalue weighted by Crippen LogP contribution is 2.32. The Hall–Kier alpha value is -3.33. The SMILES string of the molecule is CCc1ccc2c(c1)C(C[n+]1cn(Cc3c(C)c(C)c(C)c(C)c3C)c3ccccc31)=CCO2. The van der Waals surface area contributed by atoms with Gasteiger partial charge in [-0.15, -0.1) is 0 Å². The van der Waals surface area contributed by atoms with E-state index in [2.05, 4.69) is 106 Å². The molecular formula is C31H35N2O+. The zero-order valence-electron chi connectivity index (χ0n) is 21.3. The lowest BCUT2D eigenvalue weighted by molar-refractivity contribution is -0.659. The molecule has 5 rings (SSSR count). The van der Waals surface area contributed by atoms with E-state index >= 15 is 0 Å². The number of rotatable bonds is 5. The van der Waals surface area contributed by atoms with Crippen LogP contribution in [0.4, 0.5) is 0 Å². The summed E-state index contributed by atoms with van der Waals surface area (Å²) < 4.78 is 10.7. The Morgan fingerprint density at radius 1 is 0.882 bits per heavy atom. The Kier molecular flexibility index (Phi) is 5.81. The smallest absolute Gasteiger partial charge is 0.245 e. The van der Waals surface area contributed by atoms with Gasteiger partial charge in [0.05, 0.1) is 0 Å². The third-order valence-corrected chi connectivity index (χ3v) is 7.97. The summed E-state index contributed by atoms with van der Waals surface area (Å²) in [5.41, 5.74) is 15.0. The Bertz CT molecular complexity index is 1410. The second-order valence-electron chi connectivity index (χ2n) is 9.69. The van der Waals surface area contributed by atoms with Crippen LogP contribution in [0, 0.1) is 34.6 Å². The number of benzene rings is 3. The number of imidazole rings is 1. The molecule has 0 saturated carbocycles. The summed E-state index contributed by atoms with van der Waals surface area (Å²) in [4.78, 5) is 0. The fourth-order valence-electron chi connectivity index (χ4n) is 5.33. The summed E-state index contributed by atoms with van der Waals surface area (Å²) >= 11 is 0. The van der Waals surface area contributed by atoms with E-state index in [4.69, 9.17) is 4.74 Å². The Balaban J connectivity index is 1.57. The molecule has 0 atom stereocenters. The van der Waals surface area contributed by atoms with E-state index in [1.807, 2.05) is 0 Å². The van der Waals surface area contributed by atoms with Gasteiger partial charge in [-0.3, -0.25) is 0 Å². The molecule has 0 fully saturated rings. The number of ether oxygens (including phenoxy) is 1. The standard InChI is InChI=1S/C31H35N2O/c1-7-25-12-13-31-27(16-25)26(14-15-34-31)17-32-19-33(30-11-9-8-10-29(30)32)18-28-23(5)21(3)20(2)22(4)24(28)6/h8-14,16,19H,7,15,17-18H2,1-6H3/q+1. The van der Waals surface area contributed by atoms with Crippen LogP contribution in [0.2, 0.25) is 0 Å². The average molecular weight is 452 g/mol. The number of nitrogens with zero attached hydrogens (tertiary/aromatic N) is 2. The maximum Gasteiger partial charge on any atom is 0.245 e. The topological polar surface area (TPSA) is 18.0 Å². The Morgan fingerprint density at radius 3 is 2.32 bits per heavy atom. The van der Waals surface area contributed by atoms with Gasteiger partial charge < -0.3 is 4.74 Å². The van der Waals surface area contributed by atoms with Gasteiger partial charge in [0.15, 0.2) is 11.0 Å². The largest absolute Gasteiger partial charge is 0.489 e. The highest BCUT2D eigenvalue weighted by Gasteiger charge is 2.22. The normalized spacial score (nSPS) is 13.1. The first-order valence-electron chi connectivity index (χ1n) is 12.4. The molecule has 34 heavy (non-hydrogen) atoms. The second-order valence-corrected chi connectivity index (χ2v) is 9.69. The summed E-state index contributed by atoms with van der Waals surface area (Å²) in [6.07, 6.45) is 5.57. The van der Waals surface area contributed by atoms with E-state index in [1.165, 1.54) is 61.1 Å². The first-order chi connectivity index (χ1) is 16.4. The number of aromatic nitrogens is 2. The molecule has 0 saturated heterocycles. The van der Waals surface area contributed by atoms with Gasteiger partial charge in [0.2, 0.25) is 6.33 Å². The second kappa shape index (κ2) is 8.79. The van der Waals surface area contributed by atoms with Crippen molar-refractivity contribution >= 4 is 16.6 Å². The third-order valence-electron chi connectivity index (χ3n) is 7.97. The zero-order chi connectivity index (χ0) is 24.0. The van der Waals surface area contributed by atoms with E-state index in [1.54, 1.807) is 0 Å². The van der Waals surface area contributed by atoms with Crippen molar-refractivity contribution in [3.8, 4) is 5.75 Å². The predicted molar refractivity (Wildman–Crippen MR) is 141 cm³/mol. The summed E-state index contributed by atoms with van der Waals surface area (Å²) in [6.45, 7) is 15.9. The number of hydrogen-bond donors (Lipinski definition) is 0. The summed E-state index contributed by atoms with van der Waals surface area (Å²) in [7, 11) is 0. The minimum atomic E-state index is 0.632. The molecule has 0 unspecified atom stereocenters.